The van der Waals surface area contributed by atoms with Gasteiger partial charge in [-0.2, -0.15) is 9.38 Å². The van der Waals surface area contributed by atoms with E-state index in [0.717, 1.165) is 0 Å². The summed E-state index contributed by atoms with van der Waals surface area (Å²) in [4.78, 5) is 28.3. The molecular formula is C13H15N5O3. The largest absolute Gasteiger partial charge is 0.372 e. The number of aromatic nitrogens is 2. The van der Waals surface area contributed by atoms with Gasteiger partial charge in [0, 0.05) is 25.1 Å². The van der Waals surface area contributed by atoms with Crippen molar-refractivity contribution < 1.29 is 9.72 Å². The van der Waals surface area contributed by atoms with Gasteiger partial charge in [-0.15, -0.1) is 0 Å². The Balaban J connectivity index is 1.96. The van der Waals surface area contributed by atoms with E-state index in [1.165, 1.54) is 4.40 Å². The van der Waals surface area contributed by atoms with E-state index in [0.29, 0.717) is 37.4 Å². The molecule has 0 radical (unpaired) electrons. The van der Waals surface area contributed by atoms with Crippen LogP contribution in [0.25, 0.3) is 5.65 Å². The Hall–Kier alpha value is -2.64. The predicted octanol–water partition coefficient (Wildman–Crippen LogP) is 0.944. The van der Waals surface area contributed by atoms with E-state index >= 15 is 0 Å². The van der Waals surface area contributed by atoms with Gasteiger partial charge < -0.3 is 20.7 Å². The molecular weight excluding hydrogens is 274 g/mol. The van der Waals surface area contributed by atoms with Gasteiger partial charge in [0.1, 0.15) is 0 Å². The highest BCUT2D eigenvalue weighted by Crippen LogP contribution is 2.31. The molecule has 0 aromatic carbocycles. The molecule has 2 N–H and O–H groups in total. The lowest BCUT2D eigenvalue weighted by molar-refractivity contribution is -0.389. The molecule has 0 atom stereocenters. The second kappa shape index (κ2) is 5.04. The van der Waals surface area contributed by atoms with Gasteiger partial charge >= 0.3 is 5.82 Å². The maximum absolute atomic E-state index is 11.4. The quantitative estimate of drug-likeness (QED) is 0.668. The fraction of sp³-hybridized carbons (Fsp3) is 0.385. The van der Waals surface area contributed by atoms with Crippen LogP contribution in [0.5, 0.6) is 0 Å². The molecule has 0 aliphatic carbocycles. The van der Waals surface area contributed by atoms with E-state index in [4.69, 9.17) is 5.73 Å². The molecule has 2 aromatic heterocycles. The van der Waals surface area contributed by atoms with Crippen LogP contribution in [0, 0.1) is 16.0 Å². The molecule has 21 heavy (non-hydrogen) atoms. The van der Waals surface area contributed by atoms with E-state index in [1.54, 1.807) is 24.4 Å². The lowest BCUT2D eigenvalue weighted by atomic mass is 9.96. The minimum absolute atomic E-state index is 0.0388. The summed E-state index contributed by atoms with van der Waals surface area (Å²) in [5.41, 5.74) is 5.84. The Morgan fingerprint density at radius 1 is 1.38 bits per heavy atom. The summed E-state index contributed by atoms with van der Waals surface area (Å²) in [6, 6.07) is 5.24. The third-order valence-electron chi connectivity index (χ3n) is 3.86. The molecule has 1 aliphatic rings. The van der Waals surface area contributed by atoms with Gasteiger partial charge in [-0.3, -0.25) is 4.79 Å². The number of imidazole rings is 1. The minimum Gasteiger partial charge on any atom is -0.369 e. The van der Waals surface area contributed by atoms with Crippen molar-refractivity contribution in [3.05, 3.63) is 34.5 Å². The molecule has 2 aromatic rings. The van der Waals surface area contributed by atoms with Crippen LogP contribution < -0.4 is 10.6 Å². The molecule has 1 fully saturated rings. The van der Waals surface area contributed by atoms with Crippen LogP contribution in [0.2, 0.25) is 0 Å². The third-order valence-corrected chi connectivity index (χ3v) is 3.86. The second-order valence-corrected chi connectivity index (χ2v) is 5.11. The summed E-state index contributed by atoms with van der Waals surface area (Å²) < 4.78 is 1.47. The molecule has 0 spiro atoms. The Bertz CT molecular complexity index is 703. The van der Waals surface area contributed by atoms with E-state index in [2.05, 4.69) is 4.98 Å². The fourth-order valence-corrected chi connectivity index (χ4v) is 2.73. The molecule has 1 aliphatic heterocycles. The first kappa shape index (κ1) is 13.3. The zero-order chi connectivity index (χ0) is 15.0. The number of carbonyl (C=O) groups excluding carboxylic acids is 1. The number of primary amides is 1. The number of fused-ring (bicyclic) bond motifs is 1. The maximum Gasteiger partial charge on any atom is 0.372 e. The Morgan fingerprint density at radius 2 is 2.10 bits per heavy atom. The van der Waals surface area contributed by atoms with Crippen molar-refractivity contribution >= 4 is 23.2 Å². The Labute approximate surface area is 120 Å². The fourth-order valence-electron chi connectivity index (χ4n) is 2.73. The van der Waals surface area contributed by atoms with Crippen LogP contribution in [-0.4, -0.2) is 33.3 Å². The summed E-state index contributed by atoms with van der Waals surface area (Å²) in [6.45, 7) is 1.08. The van der Waals surface area contributed by atoms with Crippen LogP contribution in [0.15, 0.2) is 24.4 Å². The van der Waals surface area contributed by atoms with Gasteiger partial charge in [0.15, 0.2) is 0 Å². The summed E-state index contributed by atoms with van der Waals surface area (Å²) >= 11 is 0. The zero-order valence-corrected chi connectivity index (χ0v) is 11.3. The van der Waals surface area contributed by atoms with Crippen molar-refractivity contribution in [2.75, 3.05) is 18.0 Å². The molecule has 3 heterocycles. The lowest BCUT2D eigenvalue weighted by Crippen LogP contribution is -2.39. The van der Waals surface area contributed by atoms with Gasteiger partial charge in [0.05, 0.1) is 6.20 Å². The van der Waals surface area contributed by atoms with Gasteiger partial charge in [-0.25, -0.2) is 0 Å². The summed E-state index contributed by atoms with van der Waals surface area (Å²) in [7, 11) is 0. The molecule has 0 saturated carbocycles. The van der Waals surface area contributed by atoms with E-state index < -0.39 is 4.92 Å². The van der Waals surface area contributed by atoms with Crippen molar-refractivity contribution in [3.63, 3.8) is 0 Å². The van der Waals surface area contributed by atoms with E-state index in [1.807, 2.05) is 4.90 Å². The minimum atomic E-state index is -0.421. The van der Waals surface area contributed by atoms with Crippen LogP contribution >= 0.6 is 0 Å². The molecule has 8 heteroatoms. The molecule has 8 nitrogen and oxygen atoms in total. The molecule has 1 amide bonds. The van der Waals surface area contributed by atoms with Crippen LogP contribution in [0.1, 0.15) is 12.8 Å². The summed E-state index contributed by atoms with van der Waals surface area (Å²) in [5.74, 6) is -0.145. The van der Waals surface area contributed by atoms with Gasteiger partial charge in [-0.1, -0.05) is 6.07 Å². The van der Waals surface area contributed by atoms with Crippen molar-refractivity contribution in [1.82, 2.24) is 9.38 Å². The van der Waals surface area contributed by atoms with Gasteiger partial charge in [0.2, 0.25) is 17.4 Å². The smallest absolute Gasteiger partial charge is 0.369 e. The number of hydrogen-bond acceptors (Lipinski definition) is 5. The average Bonchev–Trinajstić information content (AvgIpc) is 2.86. The average molecular weight is 289 g/mol. The number of pyridine rings is 1. The van der Waals surface area contributed by atoms with E-state index in [9.17, 15) is 14.9 Å². The zero-order valence-electron chi connectivity index (χ0n) is 11.3. The Morgan fingerprint density at radius 3 is 2.71 bits per heavy atom. The number of carbonyl (C=O) groups is 1. The number of nitrogens with two attached hydrogens (primary N) is 1. The number of piperidine rings is 1. The van der Waals surface area contributed by atoms with Crippen LogP contribution in [-0.2, 0) is 4.79 Å². The van der Waals surface area contributed by atoms with Crippen molar-refractivity contribution in [1.29, 1.82) is 0 Å². The molecule has 0 unspecified atom stereocenters. The molecule has 3 rings (SSSR count). The number of nitro groups is 1. The molecule has 1 saturated heterocycles. The first-order valence-corrected chi connectivity index (χ1v) is 6.73. The Kier molecular flexibility index (Phi) is 3.20. The maximum atomic E-state index is 11.4. The number of hydrogen-bond donors (Lipinski definition) is 1. The normalized spacial score (nSPS) is 16.3. The van der Waals surface area contributed by atoms with Crippen molar-refractivity contribution in [2.45, 2.75) is 12.8 Å². The monoisotopic (exact) mass is 289 g/mol. The number of nitrogens with zero attached hydrogens (tertiary/aromatic N) is 4. The van der Waals surface area contributed by atoms with Crippen molar-refractivity contribution in [2.24, 2.45) is 11.7 Å². The predicted molar refractivity (Wildman–Crippen MR) is 76.0 cm³/mol. The van der Waals surface area contributed by atoms with Gasteiger partial charge in [-0.05, 0) is 23.8 Å². The standard InChI is InChI=1S/C13H15N5O3/c14-11(19)9-4-7-16(8-5-9)12-13(18(20)21)17-6-2-1-3-10(17)15-12/h1-3,6,9H,4-5,7-8H2,(H2,14,19). The van der Waals surface area contributed by atoms with Crippen LogP contribution in [0.3, 0.4) is 0 Å². The highest BCUT2D eigenvalue weighted by molar-refractivity contribution is 5.77. The number of rotatable bonds is 3. The first-order chi connectivity index (χ1) is 10.1. The summed E-state index contributed by atoms with van der Waals surface area (Å²) in [6.07, 6.45) is 2.82. The molecule has 0 bridgehead atoms. The van der Waals surface area contributed by atoms with E-state index in [-0.39, 0.29) is 17.6 Å². The van der Waals surface area contributed by atoms with Crippen molar-refractivity contribution in [3.8, 4) is 0 Å². The first-order valence-electron chi connectivity index (χ1n) is 6.73. The van der Waals surface area contributed by atoms with Crippen LogP contribution in [0.4, 0.5) is 11.6 Å². The second-order valence-electron chi connectivity index (χ2n) is 5.11. The number of anilines is 1. The lowest BCUT2D eigenvalue weighted by Gasteiger charge is -2.30. The van der Waals surface area contributed by atoms with Gasteiger partial charge in [0.25, 0.3) is 0 Å². The highest BCUT2D eigenvalue weighted by atomic mass is 16.6. The summed E-state index contributed by atoms with van der Waals surface area (Å²) in [5, 5.41) is 11.4. The number of amides is 1. The SMILES string of the molecule is NC(=O)C1CCN(c2nc3ccccn3c2[N+](=O)[O-])CC1. The highest BCUT2D eigenvalue weighted by Gasteiger charge is 2.31. The third kappa shape index (κ3) is 2.28. The topological polar surface area (TPSA) is 107 Å². The molecule has 110 valence electrons.